The van der Waals surface area contributed by atoms with Gasteiger partial charge < -0.3 is 0 Å². The standard InChI is InChI=1S/C19H37NS/c1-9-19(21-17(6)7)11-13-20(12-10-15(2)3)14-18(8)16(4)5/h16-17,19H,2,8-14H2,1,3-7H3. The summed E-state index contributed by atoms with van der Waals surface area (Å²) in [7, 11) is 0. The summed E-state index contributed by atoms with van der Waals surface area (Å²) in [5.41, 5.74) is 2.63. The molecule has 0 saturated carbocycles. The molecular weight excluding hydrogens is 274 g/mol. The minimum atomic E-state index is 0.573. The zero-order valence-electron chi connectivity index (χ0n) is 15.2. The average Bonchev–Trinajstić information content (AvgIpc) is 2.39. The summed E-state index contributed by atoms with van der Waals surface area (Å²) in [5, 5.41) is 1.51. The Morgan fingerprint density at radius 3 is 2.14 bits per heavy atom. The zero-order chi connectivity index (χ0) is 16.4. The molecule has 0 aliphatic carbocycles. The fourth-order valence-electron chi connectivity index (χ4n) is 2.17. The number of thioether (sulfide) groups is 1. The molecule has 0 saturated heterocycles. The topological polar surface area (TPSA) is 3.24 Å². The largest absolute Gasteiger partial charge is 0.299 e. The molecule has 2 heteroatoms. The molecule has 0 rings (SSSR count). The van der Waals surface area contributed by atoms with Crippen molar-refractivity contribution in [2.75, 3.05) is 19.6 Å². The summed E-state index contributed by atoms with van der Waals surface area (Å²) in [5.74, 6) is 0.573. The van der Waals surface area contributed by atoms with E-state index in [0.29, 0.717) is 5.92 Å². The first-order valence-electron chi connectivity index (χ1n) is 8.46. The molecule has 1 nitrogen and oxygen atoms in total. The van der Waals surface area contributed by atoms with Crippen molar-refractivity contribution in [1.29, 1.82) is 0 Å². The molecule has 21 heavy (non-hydrogen) atoms. The van der Waals surface area contributed by atoms with Crippen molar-refractivity contribution >= 4 is 11.8 Å². The Morgan fingerprint density at radius 1 is 1.10 bits per heavy atom. The van der Waals surface area contributed by atoms with Crippen molar-refractivity contribution in [3.05, 3.63) is 24.3 Å². The summed E-state index contributed by atoms with van der Waals surface area (Å²) in [6.07, 6.45) is 3.64. The van der Waals surface area contributed by atoms with Crippen molar-refractivity contribution in [3.63, 3.8) is 0 Å². The van der Waals surface area contributed by atoms with E-state index in [2.05, 4.69) is 71.4 Å². The molecule has 0 amide bonds. The highest BCUT2D eigenvalue weighted by Gasteiger charge is 2.14. The molecule has 0 heterocycles. The summed E-state index contributed by atoms with van der Waals surface area (Å²) in [6.45, 7) is 25.1. The molecule has 0 aliphatic rings. The number of hydrogen-bond donors (Lipinski definition) is 0. The molecule has 1 unspecified atom stereocenters. The molecule has 0 bridgehead atoms. The first-order chi connectivity index (χ1) is 9.76. The lowest BCUT2D eigenvalue weighted by atomic mass is 10.0. The first-order valence-corrected chi connectivity index (χ1v) is 9.40. The highest BCUT2D eigenvalue weighted by atomic mass is 32.2. The molecule has 124 valence electrons. The summed E-state index contributed by atoms with van der Waals surface area (Å²) < 4.78 is 0. The van der Waals surface area contributed by atoms with Gasteiger partial charge in [-0.15, -0.1) is 6.58 Å². The van der Waals surface area contributed by atoms with E-state index in [-0.39, 0.29) is 0 Å². The van der Waals surface area contributed by atoms with Gasteiger partial charge in [0, 0.05) is 18.3 Å². The van der Waals surface area contributed by atoms with Gasteiger partial charge in [-0.25, -0.2) is 0 Å². The second-order valence-corrected chi connectivity index (χ2v) is 8.68. The Hall–Kier alpha value is -0.210. The summed E-state index contributed by atoms with van der Waals surface area (Å²) in [6, 6.07) is 0. The smallest absolute Gasteiger partial charge is 0.0192 e. The molecule has 1 atom stereocenters. The Bertz CT molecular complexity index is 307. The number of hydrogen-bond acceptors (Lipinski definition) is 2. The van der Waals surface area contributed by atoms with Crippen LogP contribution in [0.4, 0.5) is 0 Å². The van der Waals surface area contributed by atoms with Gasteiger partial charge in [0.05, 0.1) is 0 Å². The van der Waals surface area contributed by atoms with Gasteiger partial charge in [0.1, 0.15) is 0 Å². The van der Waals surface area contributed by atoms with Crippen molar-refractivity contribution in [2.45, 2.75) is 71.3 Å². The molecule has 0 N–H and O–H groups in total. The van der Waals surface area contributed by atoms with Gasteiger partial charge in [-0.05, 0) is 43.9 Å². The van der Waals surface area contributed by atoms with Crippen LogP contribution in [0, 0.1) is 5.92 Å². The fraction of sp³-hybridized carbons (Fsp3) is 0.789. The Balaban J connectivity index is 4.43. The van der Waals surface area contributed by atoms with E-state index in [1.807, 2.05) is 0 Å². The predicted molar refractivity (Wildman–Crippen MR) is 101 cm³/mol. The third kappa shape index (κ3) is 11.1. The van der Waals surface area contributed by atoms with Crippen molar-refractivity contribution in [1.82, 2.24) is 4.90 Å². The van der Waals surface area contributed by atoms with Gasteiger partial charge in [0.15, 0.2) is 0 Å². The van der Waals surface area contributed by atoms with Crippen LogP contribution in [0.2, 0.25) is 0 Å². The van der Waals surface area contributed by atoms with Crippen LogP contribution >= 0.6 is 11.8 Å². The highest BCUT2D eigenvalue weighted by Crippen LogP contribution is 2.23. The minimum Gasteiger partial charge on any atom is -0.299 e. The third-order valence-electron chi connectivity index (χ3n) is 3.79. The van der Waals surface area contributed by atoms with Crippen LogP contribution in [-0.4, -0.2) is 35.0 Å². The maximum Gasteiger partial charge on any atom is 0.0192 e. The van der Waals surface area contributed by atoms with Gasteiger partial charge in [0.2, 0.25) is 0 Å². The zero-order valence-corrected chi connectivity index (χ0v) is 16.1. The van der Waals surface area contributed by atoms with E-state index in [4.69, 9.17) is 0 Å². The Kier molecular flexibility index (Phi) is 11.3. The predicted octanol–water partition coefficient (Wildman–Crippen LogP) is 5.78. The van der Waals surface area contributed by atoms with Gasteiger partial charge in [-0.3, -0.25) is 4.90 Å². The summed E-state index contributed by atoms with van der Waals surface area (Å²) >= 11 is 2.12. The minimum absolute atomic E-state index is 0.573. The van der Waals surface area contributed by atoms with Crippen LogP contribution in [0.3, 0.4) is 0 Å². The van der Waals surface area contributed by atoms with E-state index in [0.717, 1.165) is 30.0 Å². The quantitative estimate of drug-likeness (QED) is 0.420. The molecule has 0 fully saturated rings. The number of nitrogens with zero attached hydrogens (tertiary/aromatic N) is 1. The lowest BCUT2D eigenvalue weighted by molar-refractivity contribution is 0.287. The second-order valence-electron chi connectivity index (χ2n) is 6.80. The highest BCUT2D eigenvalue weighted by molar-refractivity contribution is 8.00. The fourth-order valence-corrected chi connectivity index (χ4v) is 3.37. The van der Waals surface area contributed by atoms with E-state index < -0.39 is 0 Å². The molecule has 0 aromatic carbocycles. The molecule has 0 aliphatic heterocycles. The van der Waals surface area contributed by atoms with Gasteiger partial charge in [-0.1, -0.05) is 52.3 Å². The average molecular weight is 312 g/mol. The lowest BCUT2D eigenvalue weighted by Gasteiger charge is -2.27. The SMILES string of the molecule is C=C(C)CCN(CCC(CC)SC(C)C)CC(=C)C(C)C. The van der Waals surface area contributed by atoms with Crippen molar-refractivity contribution < 1.29 is 0 Å². The van der Waals surface area contributed by atoms with Crippen LogP contribution < -0.4 is 0 Å². The van der Waals surface area contributed by atoms with Crippen molar-refractivity contribution in [3.8, 4) is 0 Å². The third-order valence-corrected chi connectivity index (χ3v) is 5.28. The maximum absolute atomic E-state index is 4.25. The van der Waals surface area contributed by atoms with E-state index in [1.54, 1.807) is 0 Å². The first kappa shape index (κ1) is 20.8. The molecule has 0 aromatic rings. The Labute approximate surface area is 138 Å². The number of rotatable bonds is 12. The summed E-state index contributed by atoms with van der Waals surface area (Å²) in [4.78, 5) is 2.57. The monoisotopic (exact) mass is 311 g/mol. The molecule has 0 radical (unpaired) electrons. The normalized spacial score (nSPS) is 13.2. The van der Waals surface area contributed by atoms with Crippen LogP contribution in [0.5, 0.6) is 0 Å². The van der Waals surface area contributed by atoms with E-state index >= 15 is 0 Å². The van der Waals surface area contributed by atoms with Crippen LogP contribution in [-0.2, 0) is 0 Å². The van der Waals surface area contributed by atoms with E-state index in [1.165, 1.54) is 30.5 Å². The second kappa shape index (κ2) is 11.4. The van der Waals surface area contributed by atoms with Gasteiger partial charge in [0.25, 0.3) is 0 Å². The van der Waals surface area contributed by atoms with Crippen molar-refractivity contribution in [2.24, 2.45) is 5.92 Å². The van der Waals surface area contributed by atoms with Crippen LogP contribution in [0.15, 0.2) is 24.3 Å². The van der Waals surface area contributed by atoms with E-state index in [9.17, 15) is 0 Å². The van der Waals surface area contributed by atoms with Gasteiger partial charge >= 0.3 is 0 Å². The Morgan fingerprint density at radius 2 is 1.71 bits per heavy atom. The molecular formula is C19H37NS. The maximum atomic E-state index is 4.25. The molecule has 0 spiro atoms. The van der Waals surface area contributed by atoms with Crippen LogP contribution in [0.1, 0.15) is 60.8 Å². The molecule has 0 aromatic heterocycles. The lowest BCUT2D eigenvalue weighted by Crippen LogP contribution is -2.31. The van der Waals surface area contributed by atoms with Crippen LogP contribution in [0.25, 0.3) is 0 Å². The van der Waals surface area contributed by atoms with Gasteiger partial charge in [-0.2, -0.15) is 11.8 Å².